The third kappa shape index (κ3) is 1.18. The zero-order chi connectivity index (χ0) is 11.2. The number of hydrogen-bond acceptors (Lipinski definition) is 0. The molecule has 0 nitrogen and oxygen atoms in total. The van der Waals surface area contributed by atoms with E-state index in [1.54, 1.807) is 0 Å². The molecule has 0 aliphatic heterocycles. The van der Waals surface area contributed by atoms with Crippen LogP contribution in [-0.2, 0) is 0 Å². The second-order valence-corrected chi connectivity index (χ2v) is 4.60. The summed E-state index contributed by atoms with van der Waals surface area (Å²) in [6.45, 7) is 0. The number of benzene rings is 2. The smallest absolute Gasteiger partial charge is 0.00961 e. The van der Waals surface area contributed by atoms with E-state index in [4.69, 9.17) is 0 Å². The third-order valence-corrected chi connectivity index (χ3v) is 3.63. The van der Waals surface area contributed by atoms with Crippen molar-refractivity contribution in [2.45, 2.75) is 6.42 Å². The van der Waals surface area contributed by atoms with Crippen molar-refractivity contribution >= 4 is 18.2 Å². The summed E-state index contributed by atoms with van der Waals surface area (Å²) in [7, 11) is 0. The molecule has 0 atom stereocenters. The summed E-state index contributed by atoms with van der Waals surface area (Å²) in [5, 5.41) is 2.80. The second-order valence-electron chi connectivity index (χ2n) is 4.60. The van der Waals surface area contributed by atoms with E-state index in [-0.39, 0.29) is 0 Å². The maximum absolute atomic E-state index is 2.33. The van der Waals surface area contributed by atoms with Crippen LogP contribution in [0.2, 0.25) is 0 Å². The van der Waals surface area contributed by atoms with Crippen LogP contribution in [0.1, 0.15) is 17.5 Å². The molecule has 0 unspecified atom stereocenters. The Balaban J connectivity index is 2.17. The predicted molar refractivity (Wildman–Crippen MR) is 72.8 cm³/mol. The molecule has 4 rings (SSSR count). The van der Waals surface area contributed by atoms with Crippen molar-refractivity contribution in [1.29, 1.82) is 0 Å². The molecule has 0 bridgehead atoms. The molecule has 2 aliphatic rings. The highest BCUT2D eigenvalue weighted by Crippen LogP contribution is 2.25. The molecule has 2 aromatic rings. The Kier molecular flexibility index (Phi) is 1.70. The van der Waals surface area contributed by atoms with E-state index in [1.807, 2.05) is 0 Å². The van der Waals surface area contributed by atoms with E-state index in [2.05, 4.69) is 60.7 Å². The summed E-state index contributed by atoms with van der Waals surface area (Å²) in [6.07, 6.45) is 10.1. The van der Waals surface area contributed by atoms with Gasteiger partial charge in [-0.2, -0.15) is 0 Å². The molecule has 2 aliphatic carbocycles. The topological polar surface area (TPSA) is 0 Å². The minimum absolute atomic E-state index is 1.05. The maximum atomic E-state index is 2.33. The molecule has 0 N–H and O–H groups in total. The normalized spacial score (nSPS) is 14.4. The lowest BCUT2D eigenvalue weighted by molar-refractivity contribution is 1.39. The summed E-state index contributed by atoms with van der Waals surface area (Å²) < 4.78 is 0. The number of fused-ring (bicyclic) bond motifs is 5. The molecular weight excluding hydrogens is 204 g/mol. The standard InChI is InChI=1S/C17H12/c1-3-7-14-12(5-1)9-10-16-15-8-4-2-6-13(15)11-17(14)16/h1-2,4-11H,3H2. The molecule has 0 radical (unpaired) electrons. The van der Waals surface area contributed by atoms with Crippen LogP contribution in [0.3, 0.4) is 0 Å². The van der Waals surface area contributed by atoms with Crippen molar-refractivity contribution < 1.29 is 0 Å². The summed E-state index contributed by atoms with van der Waals surface area (Å²) >= 11 is 0. The van der Waals surface area contributed by atoms with Gasteiger partial charge in [-0.1, -0.05) is 54.6 Å². The van der Waals surface area contributed by atoms with Crippen molar-refractivity contribution in [1.82, 2.24) is 0 Å². The quantitative estimate of drug-likeness (QED) is 0.542. The Morgan fingerprint density at radius 1 is 0.765 bits per heavy atom. The zero-order valence-electron chi connectivity index (χ0n) is 9.48. The molecular formula is C17H12. The van der Waals surface area contributed by atoms with E-state index >= 15 is 0 Å². The zero-order valence-corrected chi connectivity index (χ0v) is 9.48. The summed E-state index contributed by atoms with van der Waals surface area (Å²) in [6, 6.07) is 13.1. The van der Waals surface area contributed by atoms with Gasteiger partial charge in [0.15, 0.2) is 0 Å². The maximum Gasteiger partial charge on any atom is -0.00961 e. The van der Waals surface area contributed by atoms with E-state index in [9.17, 15) is 0 Å². The Bertz CT molecular complexity index is 761. The summed E-state index contributed by atoms with van der Waals surface area (Å²) in [5.74, 6) is 0. The van der Waals surface area contributed by atoms with Gasteiger partial charge in [-0.15, -0.1) is 0 Å². The average molecular weight is 216 g/mol. The lowest BCUT2D eigenvalue weighted by Crippen LogP contribution is -2.28. The molecule has 17 heavy (non-hydrogen) atoms. The van der Waals surface area contributed by atoms with Gasteiger partial charge in [-0.05, 0) is 45.2 Å². The van der Waals surface area contributed by atoms with Crippen LogP contribution < -0.4 is 10.4 Å². The fourth-order valence-corrected chi connectivity index (χ4v) is 2.82. The van der Waals surface area contributed by atoms with Crippen molar-refractivity contribution in [2.24, 2.45) is 0 Å². The van der Waals surface area contributed by atoms with Gasteiger partial charge in [-0.25, -0.2) is 0 Å². The largest absolute Gasteiger partial charge is 0.0801 e. The van der Waals surface area contributed by atoms with Gasteiger partial charge in [0.1, 0.15) is 0 Å². The van der Waals surface area contributed by atoms with E-state index in [0.717, 1.165) is 6.42 Å². The number of rotatable bonds is 0. The lowest BCUT2D eigenvalue weighted by Gasteiger charge is -2.05. The highest BCUT2D eigenvalue weighted by Gasteiger charge is 2.12. The molecule has 0 saturated carbocycles. The molecule has 0 aromatic heterocycles. The van der Waals surface area contributed by atoms with E-state index in [1.165, 1.54) is 32.7 Å². The number of hydrogen-bond donors (Lipinski definition) is 0. The highest BCUT2D eigenvalue weighted by molar-refractivity contribution is 5.84. The van der Waals surface area contributed by atoms with Crippen LogP contribution >= 0.6 is 0 Å². The second kappa shape index (κ2) is 3.21. The fraction of sp³-hybridized carbons (Fsp3) is 0.0588. The van der Waals surface area contributed by atoms with Gasteiger partial charge >= 0.3 is 0 Å². The monoisotopic (exact) mass is 216 g/mol. The Labute approximate surface area is 100 Å². The van der Waals surface area contributed by atoms with Crippen molar-refractivity contribution in [3.8, 4) is 11.1 Å². The highest BCUT2D eigenvalue weighted by atomic mass is 14.2. The van der Waals surface area contributed by atoms with Crippen LogP contribution in [-0.4, -0.2) is 0 Å². The molecule has 0 heteroatoms. The summed E-state index contributed by atoms with van der Waals surface area (Å²) in [4.78, 5) is 0. The average Bonchev–Trinajstić information content (AvgIpc) is 2.78. The molecule has 2 aromatic carbocycles. The van der Waals surface area contributed by atoms with Gasteiger partial charge in [0.2, 0.25) is 0 Å². The molecule has 80 valence electrons. The molecule has 0 amide bonds. The van der Waals surface area contributed by atoms with E-state index < -0.39 is 0 Å². The first kappa shape index (κ1) is 9.00. The predicted octanol–water partition coefficient (Wildman–Crippen LogP) is 2.69. The lowest BCUT2D eigenvalue weighted by atomic mass is 9.99. The van der Waals surface area contributed by atoms with Gasteiger partial charge in [-0.3, -0.25) is 0 Å². The Morgan fingerprint density at radius 2 is 1.71 bits per heavy atom. The van der Waals surface area contributed by atoms with Crippen molar-refractivity contribution in [3.05, 3.63) is 64.0 Å². The molecule has 0 spiro atoms. The van der Waals surface area contributed by atoms with Gasteiger partial charge in [0.25, 0.3) is 0 Å². The van der Waals surface area contributed by atoms with Crippen LogP contribution in [0.5, 0.6) is 0 Å². The van der Waals surface area contributed by atoms with Crippen molar-refractivity contribution in [2.75, 3.05) is 0 Å². The number of allylic oxidation sites excluding steroid dienone is 1. The van der Waals surface area contributed by atoms with Crippen molar-refractivity contribution in [3.63, 3.8) is 0 Å². The molecule has 0 saturated heterocycles. The van der Waals surface area contributed by atoms with Gasteiger partial charge in [0, 0.05) is 0 Å². The van der Waals surface area contributed by atoms with Gasteiger partial charge < -0.3 is 0 Å². The minimum Gasteiger partial charge on any atom is -0.0801 e. The molecule has 0 fully saturated rings. The first-order chi connectivity index (χ1) is 8.43. The fourth-order valence-electron chi connectivity index (χ4n) is 2.82. The first-order valence-corrected chi connectivity index (χ1v) is 6.04. The SMILES string of the molecule is C1=Cc2ccc3c(c2=CC1)=Cc1ccccc1-3. The van der Waals surface area contributed by atoms with Crippen LogP contribution in [0.15, 0.2) is 42.5 Å². The van der Waals surface area contributed by atoms with Crippen LogP contribution in [0.4, 0.5) is 0 Å². The minimum atomic E-state index is 1.05. The third-order valence-electron chi connectivity index (χ3n) is 3.63. The Morgan fingerprint density at radius 3 is 2.71 bits per heavy atom. The summed E-state index contributed by atoms with van der Waals surface area (Å²) in [5.41, 5.74) is 5.44. The Hall–Kier alpha value is -2.08. The molecule has 0 heterocycles. The first-order valence-electron chi connectivity index (χ1n) is 6.04. The van der Waals surface area contributed by atoms with E-state index in [0.29, 0.717) is 0 Å². The van der Waals surface area contributed by atoms with Crippen LogP contribution in [0, 0.1) is 0 Å². The van der Waals surface area contributed by atoms with Crippen LogP contribution in [0.25, 0.3) is 29.4 Å². The van der Waals surface area contributed by atoms with Gasteiger partial charge in [0.05, 0.1) is 0 Å².